The first-order valence-electron chi connectivity index (χ1n) is 3.18. The molecule has 1 rings (SSSR count). The van der Waals surface area contributed by atoms with E-state index >= 15 is 0 Å². The lowest BCUT2D eigenvalue weighted by atomic mass is 10.3. The van der Waals surface area contributed by atoms with Crippen LogP contribution < -0.4 is 0 Å². The van der Waals surface area contributed by atoms with Crippen molar-refractivity contribution in [1.82, 2.24) is 0 Å². The fourth-order valence-corrected chi connectivity index (χ4v) is 0.725. The van der Waals surface area contributed by atoms with Gasteiger partial charge in [0.05, 0.1) is 5.69 Å². The van der Waals surface area contributed by atoms with E-state index in [0.29, 0.717) is 0 Å². The largest absolute Gasteiger partial charge is 0.258 e. The fourth-order valence-electron chi connectivity index (χ4n) is 0.725. The van der Waals surface area contributed by atoms with Crippen molar-refractivity contribution < 1.29 is 8.78 Å². The Morgan fingerprint density at radius 2 is 2.09 bits per heavy atom. The summed E-state index contributed by atoms with van der Waals surface area (Å²) in [6, 6.07) is 3.28. The quantitative estimate of drug-likeness (QED) is 0.553. The molecule has 0 spiro atoms. The van der Waals surface area contributed by atoms with Crippen molar-refractivity contribution in [1.29, 1.82) is 0 Å². The summed E-state index contributed by atoms with van der Waals surface area (Å²) in [6.07, 6.45) is 1.45. The molecular weight excluding hydrogens is 148 g/mol. The Morgan fingerprint density at radius 3 is 2.64 bits per heavy atom. The van der Waals surface area contributed by atoms with Crippen LogP contribution in [0.1, 0.15) is 6.92 Å². The van der Waals surface area contributed by atoms with Gasteiger partial charge in [-0.15, -0.1) is 0 Å². The fraction of sp³-hybridized carbons (Fsp3) is 0.125. The van der Waals surface area contributed by atoms with E-state index in [1.807, 2.05) is 0 Å². The summed E-state index contributed by atoms with van der Waals surface area (Å²) in [5, 5.41) is 0. The Kier molecular flexibility index (Phi) is 2.31. The molecule has 0 unspecified atom stereocenters. The predicted octanol–water partition coefficient (Wildman–Crippen LogP) is 2.69. The average Bonchev–Trinajstić information content (AvgIpc) is 1.95. The van der Waals surface area contributed by atoms with E-state index < -0.39 is 11.6 Å². The zero-order valence-corrected chi connectivity index (χ0v) is 6.01. The molecule has 3 heteroatoms. The normalized spacial score (nSPS) is 10.8. The van der Waals surface area contributed by atoms with Crippen molar-refractivity contribution in [2.45, 2.75) is 6.92 Å². The third-order valence-corrected chi connectivity index (χ3v) is 1.18. The number of rotatable bonds is 1. The van der Waals surface area contributed by atoms with E-state index in [4.69, 9.17) is 0 Å². The van der Waals surface area contributed by atoms with Gasteiger partial charge in [0.15, 0.2) is 5.82 Å². The summed E-state index contributed by atoms with van der Waals surface area (Å²) in [4.78, 5) is 3.68. The molecule has 0 saturated carbocycles. The minimum Gasteiger partial charge on any atom is -0.258 e. The van der Waals surface area contributed by atoms with Crippen LogP contribution in [0.3, 0.4) is 0 Å². The first kappa shape index (κ1) is 7.85. The number of nitrogens with zero attached hydrogens (tertiary/aromatic N) is 1. The minimum atomic E-state index is -0.636. The van der Waals surface area contributed by atoms with Crippen molar-refractivity contribution >= 4 is 11.9 Å². The van der Waals surface area contributed by atoms with E-state index in [1.165, 1.54) is 18.3 Å². The molecule has 0 radical (unpaired) electrons. The van der Waals surface area contributed by atoms with Crippen LogP contribution >= 0.6 is 0 Å². The van der Waals surface area contributed by atoms with Gasteiger partial charge in [0.25, 0.3) is 0 Å². The maximum absolute atomic E-state index is 12.7. The highest BCUT2D eigenvalue weighted by atomic mass is 19.1. The molecule has 1 aromatic carbocycles. The number of hydrogen-bond acceptors (Lipinski definition) is 1. The molecule has 0 aliphatic carbocycles. The molecule has 58 valence electrons. The van der Waals surface area contributed by atoms with Gasteiger partial charge in [0, 0.05) is 12.3 Å². The van der Waals surface area contributed by atoms with Crippen LogP contribution in [0.15, 0.2) is 23.2 Å². The van der Waals surface area contributed by atoms with Crippen molar-refractivity contribution in [2.75, 3.05) is 0 Å². The van der Waals surface area contributed by atoms with E-state index in [-0.39, 0.29) is 5.69 Å². The molecule has 1 nitrogen and oxygen atoms in total. The molecule has 0 aliphatic rings. The summed E-state index contributed by atoms with van der Waals surface area (Å²) in [6.45, 7) is 1.67. The first-order chi connectivity index (χ1) is 5.24. The van der Waals surface area contributed by atoms with Gasteiger partial charge in [-0.2, -0.15) is 0 Å². The molecule has 0 heterocycles. The average molecular weight is 155 g/mol. The SMILES string of the molecule is CC=Nc1ccc(F)cc1F. The highest BCUT2D eigenvalue weighted by Crippen LogP contribution is 2.17. The molecule has 1 aromatic rings. The second-order valence-electron chi connectivity index (χ2n) is 1.98. The maximum atomic E-state index is 12.7. The lowest BCUT2D eigenvalue weighted by Crippen LogP contribution is -1.78. The molecule has 0 saturated heterocycles. The molecule has 0 fully saturated rings. The molecule has 0 bridgehead atoms. The van der Waals surface area contributed by atoms with Crippen molar-refractivity contribution in [3.63, 3.8) is 0 Å². The molecular formula is C8H7F2N. The highest BCUT2D eigenvalue weighted by molar-refractivity contribution is 5.60. The standard InChI is InChI=1S/C8H7F2N/c1-2-11-8-4-3-6(9)5-7(8)10/h2-5H,1H3. The minimum absolute atomic E-state index is 0.161. The summed E-state index contributed by atoms with van der Waals surface area (Å²) in [7, 11) is 0. The zero-order valence-electron chi connectivity index (χ0n) is 6.01. The molecule has 0 aromatic heterocycles. The second-order valence-corrected chi connectivity index (χ2v) is 1.98. The first-order valence-corrected chi connectivity index (χ1v) is 3.18. The Hall–Kier alpha value is -1.25. The summed E-state index contributed by atoms with van der Waals surface area (Å²) >= 11 is 0. The van der Waals surface area contributed by atoms with Gasteiger partial charge < -0.3 is 0 Å². The second kappa shape index (κ2) is 3.23. The van der Waals surface area contributed by atoms with E-state index in [2.05, 4.69) is 4.99 Å². The zero-order chi connectivity index (χ0) is 8.27. The van der Waals surface area contributed by atoms with Crippen molar-refractivity contribution in [3.05, 3.63) is 29.8 Å². The van der Waals surface area contributed by atoms with Gasteiger partial charge in [0.1, 0.15) is 5.82 Å². The third kappa shape index (κ3) is 1.83. The molecule has 11 heavy (non-hydrogen) atoms. The summed E-state index contributed by atoms with van der Waals surface area (Å²) < 4.78 is 25.0. The lowest BCUT2D eigenvalue weighted by Gasteiger charge is -1.94. The number of hydrogen-bond donors (Lipinski definition) is 0. The van der Waals surface area contributed by atoms with Gasteiger partial charge in [0.2, 0.25) is 0 Å². The van der Waals surface area contributed by atoms with Crippen LogP contribution in [0.2, 0.25) is 0 Å². The highest BCUT2D eigenvalue weighted by Gasteiger charge is 1.99. The van der Waals surface area contributed by atoms with Crippen LogP contribution in [0.4, 0.5) is 14.5 Å². The van der Waals surface area contributed by atoms with Gasteiger partial charge in [-0.3, -0.25) is 4.99 Å². The van der Waals surface area contributed by atoms with Crippen LogP contribution in [-0.4, -0.2) is 6.21 Å². The summed E-state index contributed by atoms with van der Waals surface area (Å²) in [5.41, 5.74) is 0.161. The Labute approximate surface area is 63.4 Å². The van der Waals surface area contributed by atoms with Crippen molar-refractivity contribution in [3.8, 4) is 0 Å². The van der Waals surface area contributed by atoms with Crippen LogP contribution in [-0.2, 0) is 0 Å². The number of benzene rings is 1. The van der Waals surface area contributed by atoms with Crippen LogP contribution in [0.25, 0.3) is 0 Å². The maximum Gasteiger partial charge on any atom is 0.151 e. The number of halogens is 2. The summed E-state index contributed by atoms with van der Waals surface area (Å²) in [5.74, 6) is -1.22. The van der Waals surface area contributed by atoms with E-state index in [0.717, 1.165) is 6.07 Å². The van der Waals surface area contributed by atoms with Gasteiger partial charge in [-0.1, -0.05) is 0 Å². The Bertz CT molecular complexity index is 281. The molecule has 0 amide bonds. The van der Waals surface area contributed by atoms with Gasteiger partial charge in [-0.05, 0) is 19.1 Å². The Balaban J connectivity index is 3.09. The van der Waals surface area contributed by atoms with E-state index in [1.54, 1.807) is 6.92 Å². The monoisotopic (exact) mass is 155 g/mol. The third-order valence-electron chi connectivity index (χ3n) is 1.18. The van der Waals surface area contributed by atoms with Crippen molar-refractivity contribution in [2.24, 2.45) is 4.99 Å². The molecule has 0 atom stereocenters. The van der Waals surface area contributed by atoms with Crippen LogP contribution in [0.5, 0.6) is 0 Å². The van der Waals surface area contributed by atoms with E-state index in [9.17, 15) is 8.78 Å². The smallest absolute Gasteiger partial charge is 0.151 e. The molecule has 0 N–H and O–H groups in total. The molecule has 0 aliphatic heterocycles. The number of aliphatic imine (C=N–C) groups is 1. The Morgan fingerprint density at radius 1 is 1.36 bits per heavy atom. The predicted molar refractivity (Wildman–Crippen MR) is 40.2 cm³/mol. The van der Waals surface area contributed by atoms with Gasteiger partial charge in [-0.25, -0.2) is 8.78 Å². The van der Waals surface area contributed by atoms with Gasteiger partial charge >= 0.3 is 0 Å². The lowest BCUT2D eigenvalue weighted by molar-refractivity contribution is 0.585. The van der Waals surface area contributed by atoms with Crippen LogP contribution in [0, 0.1) is 11.6 Å². The topological polar surface area (TPSA) is 12.4 Å².